The van der Waals surface area contributed by atoms with Crippen molar-refractivity contribution in [2.24, 2.45) is 0 Å². The summed E-state index contributed by atoms with van der Waals surface area (Å²) in [7, 11) is -2.81. The molecule has 11 heteroatoms. The predicted molar refractivity (Wildman–Crippen MR) is 115 cm³/mol. The fourth-order valence-electron chi connectivity index (χ4n) is 3.90. The molecule has 3 aromatic rings. The van der Waals surface area contributed by atoms with Crippen molar-refractivity contribution >= 4 is 21.0 Å². The fraction of sp³-hybridized carbons (Fsp3) is 0.318. The van der Waals surface area contributed by atoms with E-state index in [1.807, 2.05) is 4.90 Å². The Kier molecular flexibility index (Phi) is 6.21. The van der Waals surface area contributed by atoms with E-state index in [9.17, 15) is 26.4 Å². The van der Waals surface area contributed by atoms with Gasteiger partial charge in [-0.2, -0.15) is 17.5 Å². The van der Waals surface area contributed by atoms with Crippen LogP contribution in [0.25, 0.3) is 11.0 Å². The molecule has 1 fully saturated rings. The number of rotatable bonds is 5. The lowest BCUT2D eigenvalue weighted by Crippen LogP contribution is -2.48. The lowest BCUT2D eigenvalue weighted by atomic mass is 10.1. The van der Waals surface area contributed by atoms with Crippen LogP contribution in [0.2, 0.25) is 0 Å². The van der Waals surface area contributed by atoms with Crippen LogP contribution in [-0.4, -0.2) is 50.9 Å². The Balaban J connectivity index is 1.52. The van der Waals surface area contributed by atoms with Crippen molar-refractivity contribution in [3.8, 4) is 5.75 Å². The van der Waals surface area contributed by atoms with E-state index in [0.29, 0.717) is 36.5 Å². The van der Waals surface area contributed by atoms with E-state index >= 15 is 0 Å². The molecule has 0 bridgehead atoms. The molecule has 1 aliphatic rings. The van der Waals surface area contributed by atoms with Crippen LogP contribution in [0.4, 0.5) is 13.2 Å². The maximum Gasteiger partial charge on any atom is 0.417 e. The van der Waals surface area contributed by atoms with Gasteiger partial charge in [0, 0.05) is 50.2 Å². The van der Waals surface area contributed by atoms with Crippen molar-refractivity contribution in [2.75, 3.05) is 33.3 Å². The Morgan fingerprint density at radius 3 is 2.39 bits per heavy atom. The molecule has 0 aliphatic carbocycles. The Morgan fingerprint density at radius 2 is 1.73 bits per heavy atom. The Bertz CT molecular complexity index is 1330. The molecule has 176 valence electrons. The summed E-state index contributed by atoms with van der Waals surface area (Å²) in [6.07, 6.45) is -4.77. The molecular formula is C22H21F3N2O5S. The van der Waals surface area contributed by atoms with Crippen LogP contribution in [0, 0.1) is 0 Å². The zero-order chi connectivity index (χ0) is 23.8. The van der Waals surface area contributed by atoms with Crippen LogP contribution >= 0.6 is 0 Å². The quantitative estimate of drug-likeness (QED) is 0.519. The second-order valence-corrected chi connectivity index (χ2v) is 9.53. The van der Waals surface area contributed by atoms with Gasteiger partial charge in [0.2, 0.25) is 10.0 Å². The molecule has 0 atom stereocenters. The summed E-state index contributed by atoms with van der Waals surface area (Å²) in [5.74, 6) is 0.542. The highest BCUT2D eigenvalue weighted by Gasteiger charge is 2.39. The molecule has 2 aromatic carbocycles. The van der Waals surface area contributed by atoms with E-state index in [0.717, 1.165) is 27.9 Å². The SMILES string of the molecule is COc1ccc2c(CN3CCN(S(=O)(=O)c4ccccc4C(F)(F)F)CC3)cc(=O)oc2c1. The first-order chi connectivity index (χ1) is 15.6. The molecule has 1 saturated heterocycles. The van der Waals surface area contributed by atoms with E-state index in [-0.39, 0.29) is 13.1 Å². The third-order valence-corrected chi connectivity index (χ3v) is 7.53. The number of halogens is 3. The van der Waals surface area contributed by atoms with Gasteiger partial charge in [0.25, 0.3) is 0 Å². The van der Waals surface area contributed by atoms with Crippen molar-refractivity contribution in [3.05, 3.63) is 70.1 Å². The standard InChI is InChI=1S/C22H21F3N2O5S/c1-31-16-6-7-17-15(12-21(28)32-19(17)13-16)14-26-8-10-27(11-9-26)33(29,30)20-5-3-2-4-18(20)22(23,24)25/h2-7,12-13H,8-11,14H2,1H3. The lowest BCUT2D eigenvalue weighted by Gasteiger charge is -2.34. The van der Waals surface area contributed by atoms with Gasteiger partial charge in [0.05, 0.1) is 17.6 Å². The van der Waals surface area contributed by atoms with Crippen LogP contribution in [0.15, 0.2) is 62.6 Å². The van der Waals surface area contributed by atoms with Crippen LogP contribution in [0.5, 0.6) is 5.75 Å². The van der Waals surface area contributed by atoms with Crippen molar-refractivity contribution < 1.29 is 30.7 Å². The van der Waals surface area contributed by atoms with Gasteiger partial charge in [-0.3, -0.25) is 4.90 Å². The summed E-state index contributed by atoms with van der Waals surface area (Å²) < 4.78 is 77.3. The minimum absolute atomic E-state index is 0.0295. The number of nitrogens with zero attached hydrogens (tertiary/aromatic N) is 2. The molecule has 0 saturated carbocycles. The molecule has 1 aliphatic heterocycles. The second kappa shape index (κ2) is 8.81. The molecule has 33 heavy (non-hydrogen) atoms. The first kappa shape index (κ1) is 23.3. The highest BCUT2D eigenvalue weighted by molar-refractivity contribution is 7.89. The van der Waals surface area contributed by atoms with Gasteiger partial charge < -0.3 is 9.15 Å². The Labute approximate surface area is 188 Å². The van der Waals surface area contributed by atoms with Crippen LogP contribution < -0.4 is 10.4 Å². The van der Waals surface area contributed by atoms with Crippen LogP contribution in [0.3, 0.4) is 0 Å². The number of fused-ring (bicyclic) bond motifs is 1. The second-order valence-electron chi connectivity index (χ2n) is 7.63. The molecular weight excluding hydrogens is 461 g/mol. The minimum atomic E-state index is -4.77. The molecule has 4 rings (SSSR count). The highest BCUT2D eigenvalue weighted by Crippen LogP contribution is 2.35. The molecule has 0 radical (unpaired) electrons. The average molecular weight is 482 g/mol. The van der Waals surface area contributed by atoms with E-state index in [4.69, 9.17) is 9.15 Å². The summed E-state index contributed by atoms with van der Waals surface area (Å²) in [5.41, 5.74) is -0.606. The molecule has 1 aromatic heterocycles. The third kappa shape index (κ3) is 4.75. The smallest absolute Gasteiger partial charge is 0.417 e. The topological polar surface area (TPSA) is 80.1 Å². The van der Waals surface area contributed by atoms with Gasteiger partial charge in [0.1, 0.15) is 11.3 Å². The van der Waals surface area contributed by atoms with Crippen molar-refractivity contribution in [3.63, 3.8) is 0 Å². The van der Waals surface area contributed by atoms with E-state index in [1.54, 1.807) is 18.2 Å². The number of piperazine rings is 1. The van der Waals surface area contributed by atoms with Gasteiger partial charge in [-0.15, -0.1) is 0 Å². The highest BCUT2D eigenvalue weighted by atomic mass is 32.2. The number of sulfonamides is 1. The molecule has 2 heterocycles. The number of alkyl halides is 3. The van der Waals surface area contributed by atoms with E-state index in [1.165, 1.54) is 19.2 Å². The minimum Gasteiger partial charge on any atom is -0.497 e. The monoisotopic (exact) mass is 482 g/mol. The zero-order valence-corrected chi connectivity index (χ0v) is 18.4. The molecule has 0 amide bonds. The first-order valence-corrected chi connectivity index (χ1v) is 11.5. The van der Waals surface area contributed by atoms with Crippen LogP contribution in [0.1, 0.15) is 11.1 Å². The van der Waals surface area contributed by atoms with Gasteiger partial charge in [-0.25, -0.2) is 13.2 Å². The van der Waals surface area contributed by atoms with Crippen molar-refractivity contribution in [1.29, 1.82) is 0 Å². The van der Waals surface area contributed by atoms with Gasteiger partial charge >= 0.3 is 11.8 Å². The predicted octanol–water partition coefficient (Wildman–Crippen LogP) is 3.33. The Hall–Kier alpha value is -2.89. The van der Waals surface area contributed by atoms with Crippen molar-refractivity contribution in [2.45, 2.75) is 17.6 Å². The summed E-state index contributed by atoms with van der Waals surface area (Å²) in [6.45, 7) is 1.02. The molecule has 0 unspecified atom stereocenters. The summed E-state index contributed by atoms with van der Waals surface area (Å²) in [5, 5.41) is 0.726. The third-order valence-electron chi connectivity index (χ3n) is 5.57. The van der Waals surface area contributed by atoms with Gasteiger partial charge in [-0.1, -0.05) is 12.1 Å². The maximum absolute atomic E-state index is 13.3. The molecule has 0 N–H and O–H groups in total. The Morgan fingerprint density at radius 1 is 1.03 bits per heavy atom. The zero-order valence-electron chi connectivity index (χ0n) is 17.6. The maximum atomic E-state index is 13.3. The molecule has 7 nitrogen and oxygen atoms in total. The van der Waals surface area contributed by atoms with E-state index < -0.39 is 32.3 Å². The normalized spacial score (nSPS) is 16.2. The lowest BCUT2D eigenvalue weighted by molar-refractivity contribution is -0.139. The average Bonchev–Trinajstić information content (AvgIpc) is 2.78. The fourth-order valence-corrected chi connectivity index (χ4v) is 5.54. The first-order valence-electron chi connectivity index (χ1n) is 10.1. The molecule has 0 spiro atoms. The van der Waals surface area contributed by atoms with Crippen molar-refractivity contribution in [1.82, 2.24) is 9.21 Å². The van der Waals surface area contributed by atoms with E-state index in [2.05, 4.69) is 0 Å². The largest absolute Gasteiger partial charge is 0.497 e. The summed E-state index contributed by atoms with van der Waals surface area (Å²) >= 11 is 0. The number of benzene rings is 2. The van der Waals surface area contributed by atoms with Gasteiger partial charge in [-0.05, 0) is 29.8 Å². The number of hydrogen-bond acceptors (Lipinski definition) is 6. The number of hydrogen-bond donors (Lipinski definition) is 0. The number of methoxy groups -OCH3 is 1. The summed E-state index contributed by atoms with van der Waals surface area (Å²) in [6, 6.07) is 10.7. The summed E-state index contributed by atoms with van der Waals surface area (Å²) in [4.78, 5) is 13.2. The number of ether oxygens (including phenoxy) is 1. The van der Waals surface area contributed by atoms with Crippen LogP contribution in [-0.2, 0) is 22.7 Å². The van der Waals surface area contributed by atoms with Gasteiger partial charge in [0.15, 0.2) is 0 Å².